The zero-order valence-electron chi connectivity index (χ0n) is 14.9. The van der Waals surface area contributed by atoms with Crippen molar-refractivity contribution in [3.05, 3.63) is 53.6 Å². The number of nitrogens with one attached hydrogen (secondary N) is 1. The molecule has 2 aromatic carbocycles. The van der Waals surface area contributed by atoms with E-state index in [1.807, 2.05) is 12.1 Å². The van der Waals surface area contributed by atoms with Crippen molar-refractivity contribution >= 4 is 33.2 Å². The van der Waals surface area contributed by atoms with Crippen molar-refractivity contribution in [3.63, 3.8) is 0 Å². The third-order valence-corrected chi connectivity index (χ3v) is 7.00. The highest BCUT2D eigenvalue weighted by Crippen LogP contribution is 2.29. The molecule has 134 valence electrons. The molecule has 0 aromatic heterocycles. The molecule has 0 unspecified atom stereocenters. The van der Waals surface area contributed by atoms with Gasteiger partial charge in [0.15, 0.2) is 9.84 Å². The zero-order chi connectivity index (χ0) is 18.6. The van der Waals surface area contributed by atoms with E-state index in [-0.39, 0.29) is 0 Å². The summed E-state index contributed by atoms with van der Waals surface area (Å²) in [5.74, 6) is -1.01. The van der Waals surface area contributed by atoms with Gasteiger partial charge in [-0.2, -0.15) is 0 Å². The number of carbonyl (C=O) groups excluding carboxylic acids is 1. The number of aryl methyl sites for hydroxylation is 2. The number of anilines is 1. The van der Waals surface area contributed by atoms with Crippen LogP contribution in [0.2, 0.25) is 0 Å². The standard InChI is InChI=1S/C19H23NO3S2/c1-13(2)25(22,23)12-19(21)20-16-6-9-17(10-7-16)24-18-8-5-14(3)15(4)11-18/h5-11,13H,12H2,1-4H3,(H,20,21). The van der Waals surface area contributed by atoms with Gasteiger partial charge in [-0.25, -0.2) is 8.42 Å². The fourth-order valence-corrected chi connectivity index (χ4v) is 3.75. The lowest BCUT2D eigenvalue weighted by Crippen LogP contribution is -2.27. The molecular weight excluding hydrogens is 354 g/mol. The molecule has 1 amide bonds. The van der Waals surface area contributed by atoms with Crippen molar-refractivity contribution in [2.75, 3.05) is 11.1 Å². The maximum absolute atomic E-state index is 11.9. The molecule has 0 saturated carbocycles. The zero-order valence-corrected chi connectivity index (χ0v) is 16.5. The van der Waals surface area contributed by atoms with E-state index in [2.05, 4.69) is 37.4 Å². The van der Waals surface area contributed by atoms with Crippen molar-refractivity contribution in [2.45, 2.75) is 42.7 Å². The summed E-state index contributed by atoms with van der Waals surface area (Å²) in [5.41, 5.74) is 3.10. The van der Waals surface area contributed by atoms with Gasteiger partial charge in [-0.05, 0) is 75.2 Å². The van der Waals surface area contributed by atoms with Crippen molar-refractivity contribution < 1.29 is 13.2 Å². The van der Waals surface area contributed by atoms with Gasteiger partial charge in [0.1, 0.15) is 5.75 Å². The quantitative estimate of drug-likeness (QED) is 0.819. The molecule has 0 aliphatic carbocycles. The second kappa shape index (κ2) is 8.06. The summed E-state index contributed by atoms with van der Waals surface area (Å²) < 4.78 is 23.6. The van der Waals surface area contributed by atoms with E-state index in [4.69, 9.17) is 0 Å². The number of carbonyl (C=O) groups is 1. The Balaban J connectivity index is 2.00. The molecule has 0 fully saturated rings. The molecule has 2 aromatic rings. The molecule has 25 heavy (non-hydrogen) atoms. The van der Waals surface area contributed by atoms with Crippen molar-refractivity contribution in [2.24, 2.45) is 0 Å². The molecular formula is C19H23NO3S2. The van der Waals surface area contributed by atoms with Crippen molar-refractivity contribution in [1.29, 1.82) is 0 Å². The number of hydrogen-bond acceptors (Lipinski definition) is 4. The Labute approximate surface area is 154 Å². The van der Waals surface area contributed by atoms with Gasteiger partial charge in [0.25, 0.3) is 0 Å². The van der Waals surface area contributed by atoms with Crippen LogP contribution in [0.15, 0.2) is 52.3 Å². The summed E-state index contributed by atoms with van der Waals surface area (Å²) in [6.45, 7) is 7.31. The normalized spacial score (nSPS) is 11.6. The minimum Gasteiger partial charge on any atom is -0.325 e. The van der Waals surface area contributed by atoms with Crippen LogP contribution >= 0.6 is 11.8 Å². The first-order valence-electron chi connectivity index (χ1n) is 8.04. The third-order valence-electron chi connectivity index (χ3n) is 3.90. The molecule has 0 aliphatic rings. The molecule has 1 N–H and O–H groups in total. The molecule has 0 heterocycles. The second-order valence-electron chi connectivity index (χ2n) is 6.28. The average Bonchev–Trinajstić information content (AvgIpc) is 2.52. The van der Waals surface area contributed by atoms with Crippen molar-refractivity contribution in [1.82, 2.24) is 0 Å². The maximum Gasteiger partial charge on any atom is 0.239 e. The van der Waals surface area contributed by atoms with E-state index in [9.17, 15) is 13.2 Å². The van der Waals surface area contributed by atoms with Gasteiger partial charge in [0.2, 0.25) is 5.91 Å². The first-order chi connectivity index (χ1) is 11.7. The van der Waals surface area contributed by atoms with Gasteiger partial charge in [0.05, 0.1) is 5.25 Å². The van der Waals surface area contributed by atoms with Crippen LogP contribution < -0.4 is 5.32 Å². The lowest BCUT2D eigenvalue weighted by molar-refractivity contribution is -0.113. The minimum atomic E-state index is -3.39. The van der Waals surface area contributed by atoms with Gasteiger partial charge in [-0.1, -0.05) is 17.8 Å². The molecule has 0 saturated heterocycles. The van der Waals surface area contributed by atoms with Gasteiger partial charge in [0, 0.05) is 15.5 Å². The van der Waals surface area contributed by atoms with Gasteiger partial charge in [-0.15, -0.1) is 0 Å². The van der Waals surface area contributed by atoms with Crippen LogP contribution in [0.3, 0.4) is 0 Å². The molecule has 0 aliphatic heterocycles. The topological polar surface area (TPSA) is 63.2 Å². The summed E-state index contributed by atoms with van der Waals surface area (Å²) in [4.78, 5) is 14.1. The predicted molar refractivity (Wildman–Crippen MR) is 104 cm³/mol. The Morgan fingerprint density at radius 1 is 1.00 bits per heavy atom. The maximum atomic E-state index is 11.9. The summed E-state index contributed by atoms with van der Waals surface area (Å²) >= 11 is 1.64. The van der Waals surface area contributed by atoms with Crippen LogP contribution in [0.4, 0.5) is 5.69 Å². The smallest absolute Gasteiger partial charge is 0.239 e. The van der Waals surface area contributed by atoms with E-state index in [1.165, 1.54) is 11.1 Å². The molecule has 4 nitrogen and oxygen atoms in total. The summed E-state index contributed by atoms with van der Waals surface area (Å²) in [5, 5.41) is 2.07. The fourth-order valence-electron chi connectivity index (χ4n) is 2.07. The number of amides is 1. The van der Waals surface area contributed by atoms with E-state index in [0.717, 1.165) is 9.79 Å². The van der Waals surface area contributed by atoms with E-state index >= 15 is 0 Å². The molecule has 6 heteroatoms. The van der Waals surface area contributed by atoms with Crippen LogP contribution in [0, 0.1) is 13.8 Å². The van der Waals surface area contributed by atoms with Crippen LogP contribution in [0.1, 0.15) is 25.0 Å². The Morgan fingerprint density at radius 3 is 2.16 bits per heavy atom. The monoisotopic (exact) mass is 377 g/mol. The largest absolute Gasteiger partial charge is 0.325 e. The summed E-state index contributed by atoms with van der Waals surface area (Å²) in [6, 6.07) is 13.7. The SMILES string of the molecule is Cc1ccc(Sc2ccc(NC(=O)CS(=O)(=O)C(C)C)cc2)cc1C. The minimum absolute atomic E-state index is 0.496. The number of sulfone groups is 1. The number of hydrogen-bond donors (Lipinski definition) is 1. The average molecular weight is 378 g/mol. The highest BCUT2D eigenvalue weighted by molar-refractivity contribution is 7.99. The highest BCUT2D eigenvalue weighted by Gasteiger charge is 2.20. The Morgan fingerprint density at radius 2 is 1.60 bits per heavy atom. The Hall–Kier alpha value is -1.79. The van der Waals surface area contributed by atoms with Crippen molar-refractivity contribution in [3.8, 4) is 0 Å². The van der Waals surface area contributed by atoms with Gasteiger partial charge in [-0.3, -0.25) is 4.79 Å². The molecule has 0 bridgehead atoms. The lowest BCUT2D eigenvalue weighted by Gasteiger charge is -2.09. The Kier molecular flexibility index (Phi) is 6.30. The van der Waals surface area contributed by atoms with E-state index in [1.54, 1.807) is 37.7 Å². The third kappa shape index (κ3) is 5.61. The summed E-state index contributed by atoms with van der Waals surface area (Å²) in [7, 11) is -3.39. The fraction of sp³-hybridized carbons (Fsp3) is 0.316. The predicted octanol–water partition coefficient (Wildman–Crippen LogP) is 4.22. The number of rotatable bonds is 6. The molecule has 2 rings (SSSR count). The number of benzene rings is 2. The molecule has 0 spiro atoms. The van der Waals surface area contributed by atoms with Gasteiger partial charge < -0.3 is 5.32 Å². The first-order valence-corrected chi connectivity index (χ1v) is 10.6. The first kappa shape index (κ1) is 19.5. The molecule has 0 radical (unpaired) electrons. The summed E-state index contributed by atoms with van der Waals surface area (Å²) in [6.07, 6.45) is 0. The molecule has 0 atom stereocenters. The Bertz CT molecular complexity index is 857. The van der Waals surface area contributed by atoms with Crippen LogP contribution in [-0.2, 0) is 14.6 Å². The van der Waals surface area contributed by atoms with Crippen LogP contribution in [0.5, 0.6) is 0 Å². The highest BCUT2D eigenvalue weighted by atomic mass is 32.2. The van der Waals surface area contributed by atoms with Crippen LogP contribution in [-0.4, -0.2) is 25.3 Å². The van der Waals surface area contributed by atoms with Crippen LogP contribution in [0.25, 0.3) is 0 Å². The van der Waals surface area contributed by atoms with Gasteiger partial charge >= 0.3 is 0 Å². The van der Waals surface area contributed by atoms with E-state index in [0.29, 0.717) is 5.69 Å². The lowest BCUT2D eigenvalue weighted by atomic mass is 10.1. The second-order valence-corrected chi connectivity index (χ2v) is 9.98. The van der Waals surface area contributed by atoms with E-state index < -0.39 is 26.7 Å².